The van der Waals surface area contributed by atoms with Crippen LogP contribution in [0.1, 0.15) is 17.8 Å². The molecule has 1 N–H and O–H groups in total. The van der Waals surface area contributed by atoms with Crippen LogP contribution in [0.4, 0.5) is 0 Å². The van der Waals surface area contributed by atoms with Crippen molar-refractivity contribution in [2.24, 2.45) is 0 Å². The second-order valence-corrected chi connectivity index (χ2v) is 5.42. The molecule has 6 heteroatoms. The average molecular weight is 247 g/mol. The molecule has 0 amide bonds. The maximum absolute atomic E-state index is 5.76. The molecule has 1 aliphatic rings. The Morgan fingerprint density at radius 3 is 3.13 bits per heavy atom. The minimum Gasteiger partial charge on any atom is -0.318 e. The van der Waals surface area contributed by atoms with E-state index in [0.717, 1.165) is 24.6 Å². The van der Waals surface area contributed by atoms with Gasteiger partial charge in [-0.15, -0.1) is 10.2 Å². The van der Waals surface area contributed by atoms with Crippen LogP contribution in [0.15, 0.2) is 0 Å². The minimum absolute atomic E-state index is 0.536. The Bertz CT molecular complexity index is 317. The van der Waals surface area contributed by atoms with Gasteiger partial charge in [0.05, 0.1) is 6.54 Å². The van der Waals surface area contributed by atoms with Gasteiger partial charge >= 0.3 is 0 Å². The number of aromatic nitrogens is 2. The van der Waals surface area contributed by atoms with E-state index in [-0.39, 0.29) is 0 Å². The van der Waals surface area contributed by atoms with Gasteiger partial charge in [-0.25, -0.2) is 0 Å². The van der Waals surface area contributed by atoms with E-state index in [1.165, 1.54) is 24.2 Å². The Morgan fingerprint density at radius 1 is 1.60 bits per heavy atom. The van der Waals surface area contributed by atoms with Crippen LogP contribution in [0.5, 0.6) is 0 Å². The van der Waals surface area contributed by atoms with Crippen LogP contribution < -0.4 is 5.32 Å². The molecule has 2 rings (SSSR count). The summed E-state index contributed by atoms with van der Waals surface area (Å²) in [6.07, 6.45) is 2.55. The van der Waals surface area contributed by atoms with Crippen molar-refractivity contribution in [2.45, 2.75) is 25.4 Å². The normalized spacial score (nSPS) is 22.4. The summed E-state index contributed by atoms with van der Waals surface area (Å²) in [5, 5.41) is 12.1. The smallest absolute Gasteiger partial charge is 0.207 e. The van der Waals surface area contributed by atoms with E-state index < -0.39 is 0 Å². The van der Waals surface area contributed by atoms with Crippen molar-refractivity contribution < 1.29 is 0 Å². The fourth-order valence-electron chi connectivity index (χ4n) is 2.04. The molecule has 0 saturated carbocycles. The third kappa shape index (κ3) is 2.87. The number of nitrogens with zero attached hydrogens (tertiary/aromatic N) is 3. The highest BCUT2D eigenvalue weighted by Crippen LogP contribution is 2.22. The maximum atomic E-state index is 5.76. The molecule has 84 valence electrons. The average Bonchev–Trinajstić information content (AvgIpc) is 2.78. The molecule has 2 heterocycles. The van der Waals surface area contributed by atoms with Gasteiger partial charge in [0, 0.05) is 12.6 Å². The molecule has 1 saturated heterocycles. The number of hydrogen-bond acceptors (Lipinski definition) is 5. The highest BCUT2D eigenvalue weighted by molar-refractivity contribution is 7.15. The molecular weight excluding hydrogens is 232 g/mol. The Morgan fingerprint density at radius 2 is 2.47 bits per heavy atom. The predicted octanol–water partition coefficient (Wildman–Crippen LogP) is 1.38. The van der Waals surface area contributed by atoms with E-state index in [1.54, 1.807) is 0 Å². The summed E-state index contributed by atoms with van der Waals surface area (Å²) in [4.78, 5) is 2.45. The molecular formula is C9H15ClN4S. The topological polar surface area (TPSA) is 41.0 Å². The molecule has 0 aliphatic carbocycles. The summed E-state index contributed by atoms with van der Waals surface area (Å²) in [6.45, 7) is 3.09. The second-order valence-electron chi connectivity index (χ2n) is 3.77. The SMILES string of the molecule is CNCC1CCCN1Cc1nnc(Cl)s1. The minimum atomic E-state index is 0.536. The molecule has 0 spiro atoms. The zero-order valence-electron chi connectivity index (χ0n) is 8.74. The molecule has 1 aliphatic heterocycles. The number of likely N-dealkylation sites (N-methyl/N-ethyl adjacent to an activating group) is 1. The fourth-order valence-corrected chi connectivity index (χ4v) is 2.93. The standard InChI is InChI=1S/C9H15ClN4S/c1-11-5-7-3-2-4-14(7)6-8-12-13-9(10)15-8/h7,11H,2-6H2,1H3. The number of halogens is 1. The van der Waals surface area contributed by atoms with Gasteiger partial charge in [-0.3, -0.25) is 4.90 Å². The quantitative estimate of drug-likeness (QED) is 0.872. The van der Waals surface area contributed by atoms with Crippen LogP contribution in [0.25, 0.3) is 0 Å². The zero-order valence-corrected chi connectivity index (χ0v) is 10.3. The summed E-state index contributed by atoms with van der Waals surface area (Å²) in [5.41, 5.74) is 0. The lowest BCUT2D eigenvalue weighted by Crippen LogP contribution is -2.36. The molecule has 0 radical (unpaired) electrons. The van der Waals surface area contributed by atoms with Crippen LogP contribution in [0.2, 0.25) is 4.47 Å². The monoisotopic (exact) mass is 246 g/mol. The Hall–Kier alpha value is -0.230. The van der Waals surface area contributed by atoms with E-state index in [2.05, 4.69) is 20.4 Å². The molecule has 0 bridgehead atoms. The first-order valence-corrected chi connectivity index (χ1v) is 6.35. The molecule has 0 aromatic carbocycles. The first-order valence-electron chi connectivity index (χ1n) is 5.16. The molecule has 1 atom stereocenters. The van der Waals surface area contributed by atoms with Crippen LogP contribution in [0.3, 0.4) is 0 Å². The van der Waals surface area contributed by atoms with E-state index >= 15 is 0 Å². The van der Waals surface area contributed by atoms with Gasteiger partial charge in [0.1, 0.15) is 5.01 Å². The van der Waals surface area contributed by atoms with Crippen molar-refractivity contribution in [3.8, 4) is 0 Å². The lowest BCUT2D eigenvalue weighted by molar-refractivity contribution is 0.241. The van der Waals surface area contributed by atoms with Gasteiger partial charge in [0.2, 0.25) is 4.47 Å². The van der Waals surface area contributed by atoms with Crippen molar-refractivity contribution in [1.29, 1.82) is 0 Å². The number of rotatable bonds is 4. The summed E-state index contributed by atoms with van der Waals surface area (Å²) < 4.78 is 0.536. The highest BCUT2D eigenvalue weighted by atomic mass is 35.5. The third-order valence-corrected chi connectivity index (χ3v) is 3.72. The van der Waals surface area contributed by atoms with Crippen LogP contribution in [-0.2, 0) is 6.54 Å². The number of nitrogens with one attached hydrogen (secondary N) is 1. The van der Waals surface area contributed by atoms with Gasteiger partial charge in [-0.1, -0.05) is 11.3 Å². The van der Waals surface area contributed by atoms with Crippen LogP contribution in [-0.4, -0.2) is 41.3 Å². The fraction of sp³-hybridized carbons (Fsp3) is 0.778. The first-order chi connectivity index (χ1) is 7.29. The highest BCUT2D eigenvalue weighted by Gasteiger charge is 2.24. The van der Waals surface area contributed by atoms with Crippen LogP contribution >= 0.6 is 22.9 Å². The van der Waals surface area contributed by atoms with Gasteiger partial charge in [-0.2, -0.15) is 0 Å². The van der Waals surface area contributed by atoms with Crippen LogP contribution in [0, 0.1) is 0 Å². The summed E-state index contributed by atoms with van der Waals surface area (Å²) in [7, 11) is 2.00. The van der Waals surface area contributed by atoms with Crippen molar-refractivity contribution in [2.75, 3.05) is 20.1 Å². The van der Waals surface area contributed by atoms with Crippen molar-refractivity contribution in [3.63, 3.8) is 0 Å². The molecule has 15 heavy (non-hydrogen) atoms. The van der Waals surface area contributed by atoms with E-state index in [9.17, 15) is 0 Å². The van der Waals surface area contributed by atoms with Crippen molar-refractivity contribution >= 4 is 22.9 Å². The number of hydrogen-bond donors (Lipinski definition) is 1. The van der Waals surface area contributed by atoms with E-state index in [0.29, 0.717) is 10.5 Å². The van der Waals surface area contributed by atoms with Crippen molar-refractivity contribution in [1.82, 2.24) is 20.4 Å². The molecule has 4 nitrogen and oxygen atoms in total. The molecule has 1 aromatic rings. The van der Waals surface area contributed by atoms with Gasteiger partial charge < -0.3 is 5.32 Å². The first kappa shape index (κ1) is 11.3. The molecule has 1 fully saturated rings. The Balaban J connectivity index is 1.93. The van der Waals surface area contributed by atoms with Gasteiger partial charge in [0.15, 0.2) is 0 Å². The summed E-state index contributed by atoms with van der Waals surface area (Å²) in [6, 6.07) is 0.637. The third-order valence-electron chi connectivity index (χ3n) is 2.72. The van der Waals surface area contributed by atoms with E-state index in [4.69, 9.17) is 11.6 Å². The Kier molecular flexibility index (Phi) is 3.91. The largest absolute Gasteiger partial charge is 0.318 e. The predicted molar refractivity (Wildman–Crippen MR) is 62.3 cm³/mol. The lowest BCUT2D eigenvalue weighted by atomic mass is 10.2. The Labute approximate surface area is 98.6 Å². The van der Waals surface area contributed by atoms with E-state index in [1.807, 2.05) is 7.05 Å². The zero-order chi connectivity index (χ0) is 10.7. The second kappa shape index (κ2) is 5.21. The van der Waals surface area contributed by atoms with Gasteiger partial charge in [-0.05, 0) is 38.0 Å². The summed E-state index contributed by atoms with van der Waals surface area (Å²) >= 11 is 7.23. The lowest BCUT2D eigenvalue weighted by Gasteiger charge is -2.22. The molecule has 1 unspecified atom stereocenters. The van der Waals surface area contributed by atoms with Crippen molar-refractivity contribution in [3.05, 3.63) is 9.47 Å². The van der Waals surface area contributed by atoms with Gasteiger partial charge in [0.25, 0.3) is 0 Å². The molecule has 1 aromatic heterocycles. The number of likely N-dealkylation sites (tertiary alicyclic amines) is 1. The maximum Gasteiger partial charge on any atom is 0.207 e. The summed E-state index contributed by atoms with van der Waals surface area (Å²) in [5.74, 6) is 0.